The zero-order valence-electron chi connectivity index (χ0n) is 19.3. The molecule has 0 fully saturated rings. The molecule has 0 radical (unpaired) electrons. The van der Waals surface area contributed by atoms with Crippen LogP contribution in [0.5, 0.6) is 5.75 Å². The standard InChI is InChI=1S/C25H27N5O3/c1-16-13-28(19-9-11-20(33-4)12-10-19)24-26-22-21(29(24)14-16)23(31)30(25(32)27(22)3)15-18-8-6-5-7-17(18)2/h5-12,16H,13-15H2,1-4H3/t16-/m0/s1. The van der Waals surface area contributed by atoms with Gasteiger partial charge in [-0.05, 0) is 48.2 Å². The molecule has 0 saturated heterocycles. The van der Waals surface area contributed by atoms with Crippen molar-refractivity contribution in [2.45, 2.75) is 26.9 Å². The van der Waals surface area contributed by atoms with Crippen LogP contribution in [-0.4, -0.2) is 32.3 Å². The van der Waals surface area contributed by atoms with Gasteiger partial charge in [-0.3, -0.25) is 13.9 Å². The monoisotopic (exact) mass is 445 g/mol. The minimum atomic E-state index is -0.366. The molecule has 0 aliphatic carbocycles. The van der Waals surface area contributed by atoms with Crippen molar-refractivity contribution < 1.29 is 4.74 Å². The highest BCUT2D eigenvalue weighted by molar-refractivity contribution is 5.77. The summed E-state index contributed by atoms with van der Waals surface area (Å²) in [5.74, 6) is 1.74. The molecule has 2 aromatic heterocycles. The predicted octanol–water partition coefficient (Wildman–Crippen LogP) is 3.05. The molecule has 1 aliphatic heterocycles. The van der Waals surface area contributed by atoms with Gasteiger partial charge in [-0.25, -0.2) is 4.79 Å². The molecule has 4 aromatic rings. The lowest BCUT2D eigenvalue weighted by Crippen LogP contribution is -2.40. The van der Waals surface area contributed by atoms with Crippen molar-refractivity contribution >= 4 is 22.8 Å². The van der Waals surface area contributed by atoms with Crippen LogP contribution in [0.2, 0.25) is 0 Å². The Morgan fingerprint density at radius 2 is 1.79 bits per heavy atom. The van der Waals surface area contributed by atoms with Gasteiger partial charge < -0.3 is 14.2 Å². The molecule has 2 aromatic carbocycles. The van der Waals surface area contributed by atoms with Gasteiger partial charge in [0.05, 0.1) is 13.7 Å². The first-order valence-corrected chi connectivity index (χ1v) is 11.0. The van der Waals surface area contributed by atoms with Crippen molar-refractivity contribution in [3.63, 3.8) is 0 Å². The maximum absolute atomic E-state index is 13.6. The van der Waals surface area contributed by atoms with Crippen LogP contribution in [0.15, 0.2) is 58.1 Å². The average Bonchev–Trinajstić information content (AvgIpc) is 3.20. The molecule has 1 atom stereocenters. The fourth-order valence-corrected chi connectivity index (χ4v) is 4.58. The Balaban J connectivity index is 1.70. The summed E-state index contributed by atoms with van der Waals surface area (Å²) in [7, 11) is 3.32. The molecule has 5 rings (SSSR count). The molecule has 1 aliphatic rings. The Labute approximate surface area is 191 Å². The van der Waals surface area contributed by atoms with Gasteiger partial charge in [-0.15, -0.1) is 0 Å². The van der Waals surface area contributed by atoms with E-state index in [1.165, 1.54) is 9.13 Å². The van der Waals surface area contributed by atoms with E-state index in [0.29, 0.717) is 29.6 Å². The van der Waals surface area contributed by atoms with E-state index in [1.54, 1.807) is 14.2 Å². The number of ether oxygens (including phenoxy) is 1. The largest absolute Gasteiger partial charge is 0.497 e. The predicted molar refractivity (Wildman–Crippen MR) is 129 cm³/mol. The lowest BCUT2D eigenvalue weighted by Gasteiger charge is -2.33. The zero-order chi connectivity index (χ0) is 23.3. The van der Waals surface area contributed by atoms with Gasteiger partial charge in [0.2, 0.25) is 5.95 Å². The summed E-state index contributed by atoms with van der Waals surface area (Å²) < 4.78 is 10.1. The summed E-state index contributed by atoms with van der Waals surface area (Å²) in [5, 5.41) is 0. The number of aromatic nitrogens is 4. The molecule has 0 spiro atoms. The smallest absolute Gasteiger partial charge is 0.332 e. The number of nitrogens with zero attached hydrogens (tertiary/aromatic N) is 5. The van der Waals surface area contributed by atoms with Crippen molar-refractivity contribution in [2.75, 3.05) is 18.6 Å². The molecule has 0 saturated carbocycles. The number of hydrogen-bond acceptors (Lipinski definition) is 5. The fraction of sp³-hybridized carbons (Fsp3) is 0.320. The first kappa shape index (κ1) is 21.1. The van der Waals surface area contributed by atoms with E-state index < -0.39 is 0 Å². The van der Waals surface area contributed by atoms with Crippen molar-refractivity contribution in [2.24, 2.45) is 13.0 Å². The van der Waals surface area contributed by atoms with Gasteiger partial charge in [-0.2, -0.15) is 4.98 Å². The van der Waals surface area contributed by atoms with Gasteiger partial charge in [0.25, 0.3) is 5.56 Å². The molecule has 0 unspecified atom stereocenters. The topological polar surface area (TPSA) is 74.3 Å². The summed E-state index contributed by atoms with van der Waals surface area (Å²) in [6, 6.07) is 15.6. The first-order valence-electron chi connectivity index (χ1n) is 11.0. The van der Waals surface area contributed by atoms with Crippen molar-refractivity contribution in [3.05, 3.63) is 80.5 Å². The normalized spacial score (nSPS) is 15.6. The summed E-state index contributed by atoms with van der Waals surface area (Å²) in [5.41, 5.74) is 3.15. The van der Waals surface area contributed by atoms with Crippen LogP contribution in [0.4, 0.5) is 11.6 Å². The van der Waals surface area contributed by atoms with Crippen LogP contribution in [0.3, 0.4) is 0 Å². The van der Waals surface area contributed by atoms with Gasteiger partial charge in [0, 0.05) is 25.8 Å². The van der Waals surface area contributed by atoms with E-state index in [1.807, 2.05) is 60.0 Å². The number of rotatable bonds is 4. The minimum absolute atomic E-state index is 0.229. The van der Waals surface area contributed by atoms with E-state index in [9.17, 15) is 9.59 Å². The molecule has 0 amide bonds. The van der Waals surface area contributed by atoms with Crippen molar-refractivity contribution in [1.82, 2.24) is 18.7 Å². The summed E-state index contributed by atoms with van der Waals surface area (Å²) in [4.78, 5) is 33.7. The maximum Gasteiger partial charge on any atom is 0.332 e. The lowest BCUT2D eigenvalue weighted by molar-refractivity contribution is 0.414. The number of imidazole rings is 1. The second-order valence-corrected chi connectivity index (χ2v) is 8.77. The average molecular weight is 446 g/mol. The molecular weight excluding hydrogens is 418 g/mol. The van der Waals surface area contributed by atoms with Crippen LogP contribution >= 0.6 is 0 Å². The van der Waals surface area contributed by atoms with Gasteiger partial charge >= 0.3 is 5.69 Å². The fourth-order valence-electron chi connectivity index (χ4n) is 4.58. The quantitative estimate of drug-likeness (QED) is 0.483. The van der Waals surface area contributed by atoms with E-state index >= 15 is 0 Å². The number of aryl methyl sites for hydroxylation is 2. The third-order valence-electron chi connectivity index (χ3n) is 6.42. The third kappa shape index (κ3) is 3.42. The maximum atomic E-state index is 13.6. The Morgan fingerprint density at radius 3 is 2.48 bits per heavy atom. The van der Waals surface area contributed by atoms with Crippen molar-refractivity contribution in [3.8, 4) is 5.75 Å². The van der Waals surface area contributed by atoms with Gasteiger partial charge in [0.1, 0.15) is 5.75 Å². The molecule has 8 heteroatoms. The van der Waals surface area contributed by atoms with E-state index in [4.69, 9.17) is 9.72 Å². The molecule has 3 heterocycles. The summed E-state index contributed by atoms with van der Waals surface area (Å²) >= 11 is 0. The highest BCUT2D eigenvalue weighted by Gasteiger charge is 2.30. The Hall–Kier alpha value is -3.81. The summed E-state index contributed by atoms with van der Waals surface area (Å²) in [6.07, 6.45) is 0. The van der Waals surface area contributed by atoms with E-state index in [-0.39, 0.29) is 17.8 Å². The van der Waals surface area contributed by atoms with Gasteiger partial charge in [0.15, 0.2) is 11.2 Å². The molecule has 33 heavy (non-hydrogen) atoms. The van der Waals surface area contributed by atoms with Crippen LogP contribution in [0, 0.1) is 12.8 Å². The number of methoxy groups -OCH3 is 1. The second kappa shape index (κ2) is 7.95. The van der Waals surface area contributed by atoms with Crippen LogP contribution in [-0.2, 0) is 20.1 Å². The Morgan fingerprint density at radius 1 is 1.06 bits per heavy atom. The van der Waals surface area contributed by atoms with E-state index in [0.717, 1.165) is 29.1 Å². The number of hydrogen-bond donors (Lipinski definition) is 0. The molecule has 170 valence electrons. The molecule has 0 bridgehead atoms. The Bertz CT molecular complexity index is 1460. The number of fused-ring (bicyclic) bond motifs is 3. The van der Waals surface area contributed by atoms with Crippen LogP contribution in [0.25, 0.3) is 11.2 Å². The molecular formula is C25H27N5O3. The van der Waals surface area contributed by atoms with Gasteiger partial charge in [-0.1, -0.05) is 31.2 Å². The highest BCUT2D eigenvalue weighted by atomic mass is 16.5. The molecule has 8 nitrogen and oxygen atoms in total. The first-order chi connectivity index (χ1) is 15.9. The molecule has 0 N–H and O–H groups in total. The zero-order valence-corrected chi connectivity index (χ0v) is 19.3. The second-order valence-electron chi connectivity index (χ2n) is 8.77. The van der Waals surface area contributed by atoms with E-state index in [2.05, 4.69) is 11.8 Å². The van der Waals surface area contributed by atoms with Crippen LogP contribution < -0.4 is 20.9 Å². The summed E-state index contributed by atoms with van der Waals surface area (Å²) in [6.45, 7) is 5.79. The highest BCUT2D eigenvalue weighted by Crippen LogP contribution is 2.33. The Kier molecular flexibility index (Phi) is 5.08. The lowest BCUT2D eigenvalue weighted by atomic mass is 10.1. The number of benzene rings is 2. The number of anilines is 2. The third-order valence-corrected chi connectivity index (χ3v) is 6.42. The SMILES string of the molecule is COc1ccc(N2C[C@H](C)Cn3c2nc2c3c(=O)n(Cc3ccccc3C)c(=O)n2C)cc1. The van der Waals surface area contributed by atoms with Crippen LogP contribution in [0.1, 0.15) is 18.1 Å². The minimum Gasteiger partial charge on any atom is -0.497 e. The van der Waals surface area contributed by atoms with Crippen molar-refractivity contribution in [1.29, 1.82) is 0 Å².